The van der Waals surface area contributed by atoms with Crippen molar-refractivity contribution in [2.24, 2.45) is 4.99 Å². The lowest BCUT2D eigenvalue weighted by Crippen LogP contribution is -2.38. The molecular formula is C24H35IN4O2. The summed E-state index contributed by atoms with van der Waals surface area (Å²) in [6.07, 6.45) is 0. The number of nitrogens with zero attached hydrogens (tertiary/aromatic N) is 3. The van der Waals surface area contributed by atoms with Crippen LogP contribution in [-0.2, 0) is 24.4 Å². The molecule has 1 saturated heterocycles. The van der Waals surface area contributed by atoms with E-state index in [4.69, 9.17) is 14.5 Å². The Morgan fingerprint density at radius 1 is 1.10 bits per heavy atom. The van der Waals surface area contributed by atoms with E-state index < -0.39 is 0 Å². The standard InChI is InChI=1S/C24H34N4O2.HI/c1-4-25-24(27(2)19-22-7-5-6-8-23(22)29-3)26-17-20-9-11-21(12-10-20)18-28-13-15-30-16-14-28;/h5-12H,4,13-19H2,1-3H3,(H,25,26);1H. The number of para-hydroxylation sites is 1. The summed E-state index contributed by atoms with van der Waals surface area (Å²) in [4.78, 5) is 9.41. The van der Waals surface area contributed by atoms with Crippen LogP contribution in [0.5, 0.6) is 5.75 Å². The van der Waals surface area contributed by atoms with Crippen LogP contribution in [0.25, 0.3) is 0 Å². The predicted octanol–water partition coefficient (Wildman–Crippen LogP) is 3.74. The number of benzene rings is 2. The highest BCUT2D eigenvalue weighted by molar-refractivity contribution is 14.0. The zero-order valence-corrected chi connectivity index (χ0v) is 21.2. The molecule has 170 valence electrons. The van der Waals surface area contributed by atoms with Gasteiger partial charge in [-0.3, -0.25) is 4.90 Å². The monoisotopic (exact) mass is 538 g/mol. The molecule has 0 bridgehead atoms. The SMILES string of the molecule is CCNC(=NCc1ccc(CN2CCOCC2)cc1)N(C)Cc1ccccc1OC.I. The van der Waals surface area contributed by atoms with Crippen LogP contribution in [0.2, 0.25) is 0 Å². The summed E-state index contributed by atoms with van der Waals surface area (Å²) in [6, 6.07) is 16.9. The topological polar surface area (TPSA) is 49.3 Å². The molecule has 3 rings (SSSR count). The van der Waals surface area contributed by atoms with Crippen LogP contribution >= 0.6 is 24.0 Å². The van der Waals surface area contributed by atoms with Crippen LogP contribution in [0.4, 0.5) is 0 Å². The molecule has 6 nitrogen and oxygen atoms in total. The van der Waals surface area contributed by atoms with Crippen molar-refractivity contribution in [1.29, 1.82) is 0 Å². The number of methoxy groups -OCH3 is 1. The zero-order valence-electron chi connectivity index (χ0n) is 18.8. The minimum absolute atomic E-state index is 0. The van der Waals surface area contributed by atoms with E-state index in [0.717, 1.165) is 63.2 Å². The average molecular weight is 538 g/mol. The van der Waals surface area contributed by atoms with E-state index in [1.54, 1.807) is 7.11 Å². The zero-order chi connectivity index (χ0) is 21.2. The molecule has 1 aliphatic heterocycles. The van der Waals surface area contributed by atoms with Gasteiger partial charge in [0.15, 0.2) is 5.96 Å². The number of hydrogen-bond donors (Lipinski definition) is 1. The number of ether oxygens (including phenoxy) is 2. The first kappa shape index (κ1) is 25.4. The Bertz CT molecular complexity index is 807. The lowest BCUT2D eigenvalue weighted by molar-refractivity contribution is 0.0342. The maximum Gasteiger partial charge on any atom is 0.194 e. The van der Waals surface area contributed by atoms with Gasteiger partial charge in [0.25, 0.3) is 0 Å². The first-order valence-corrected chi connectivity index (χ1v) is 10.7. The van der Waals surface area contributed by atoms with E-state index in [-0.39, 0.29) is 24.0 Å². The summed E-state index contributed by atoms with van der Waals surface area (Å²) in [7, 11) is 3.76. The molecule has 0 amide bonds. The molecule has 0 spiro atoms. The van der Waals surface area contributed by atoms with Gasteiger partial charge in [-0.1, -0.05) is 42.5 Å². The maximum atomic E-state index is 5.48. The van der Waals surface area contributed by atoms with Crippen LogP contribution in [0.1, 0.15) is 23.6 Å². The summed E-state index contributed by atoms with van der Waals surface area (Å²) in [5.41, 5.74) is 3.69. The second-order valence-electron chi connectivity index (χ2n) is 7.54. The molecule has 0 radical (unpaired) electrons. The molecule has 0 unspecified atom stereocenters. The van der Waals surface area contributed by atoms with Crippen molar-refractivity contribution in [1.82, 2.24) is 15.1 Å². The number of guanidine groups is 1. The highest BCUT2D eigenvalue weighted by Crippen LogP contribution is 2.19. The highest BCUT2D eigenvalue weighted by atomic mass is 127. The van der Waals surface area contributed by atoms with Gasteiger partial charge >= 0.3 is 0 Å². The minimum Gasteiger partial charge on any atom is -0.496 e. The van der Waals surface area contributed by atoms with Crippen LogP contribution < -0.4 is 10.1 Å². The Labute approximate surface area is 203 Å². The first-order chi connectivity index (χ1) is 14.7. The predicted molar refractivity (Wildman–Crippen MR) is 137 cm³/mol. The fraction of sp³-hybridized carbons (Fsp3) is 0.458. The van der Waals surface area contributed by atoms with Gasteiger partial charge < -0.3 is 19.7 Å². The Morgan fingerprint density at radius 2 is 1.77 bits per heavy atom. The van der Waals surface area contributed by atoms with Crippen molar-refractivity contribution in [3.8, 4) is 5.75 Å². The van der Waals surface area contributed by atoms with Crippen molar-refractivity contribution in [3.63, 3.8) is 0 Å². The van der Waals surface area contributed by atoms with Gasteiger partial charge in [0.1, 0.15) is 5.75 Å². The van der Waals surface area contributed by atoms with Gasteiger partial charge in [-0.2, -0.15) is 0 Å². The highest BCUT2D eigenvalue weighted by Gasteiger charge is 2.11. The van der Waals surface area contributed by atoms with E-state index in [9.17, 15) is 0 Å². The number of aliphatic imine (C=N–C) groups is 1. The number of nitrogens with one attached hydrogen (secondary N) is 1. The molecule has 1 aliphatic rings. The van der Waals surface area contributed by atoms with Crippen molar-refractivity contribution >= 4 is 29.9 Å². The maximum absolute atomic E-state index is 5.48. The van der Waals surface area contributed by atoms with Crippen LogP contribution in [0.3, 0.4) is 0 Å². The molecule has 0 saturated carbocycles. The summed E-state index contributed by atoms with van der Waals surface area (Å²) in [5.74, 6) is 1.79. The van der Waals surface area contributed by atoms with E-state index in [0.29, 0.717) is 6.54 Å². The second-order valence-corrected chi connectivity index (χ2v) is 7.54. The summed E-state index contributed by atoms with van der Waals surface area (Å²) >= 11 is 0. The molecule has 0 aromatic heterocycles. The summed E-state index contributed by atoms with van der Waals surface area (Å²) in [6.45, 7) is 8.97. The molecule has 31 heavy (non-hydrogen) atoms. The van der Waals surface area contributed by atoms with E-state index in [2.05, 4.69) is 59.4 Å². The van der Waals surface area contributed by atoms with Gasteiger partial charge in [0.2, 0.25) is 0 Å². The number of morpholine rings is 1. The average Bonchev–Trinajstić information content (AvgIpc) is 2.78. The number of rotatable bonds is 8. The fourth-order valence-electron chi connectivity index (χ4n) is 3.57. The third-order valence-corrected chi connectivity index (χ3v) is 5.24. The van der Waals surface area contributed by atoms with Gasteiger partial charge in [-0.15, -0.1) is 24.0 Å². The molecule has 1 heterocycles. The molecule has 2 aromatic carbocycles. The quantitative estimate of drug-likeness (QED) is 0.316. The first-order valence-electron chi connectivity index (χ1n) is 10.7. The van der Waals surface area contributed by atoms with Crippen molar-refractivity contribution in [2.75, 3.05) is 47.0 Å². The van der Waals surface area contributed by atoms with E-state index in [1.165, 1.54) is 11.1 Å². The van der Waals surface area contributed by atoms with Crippen LogP contribution in [0, 0.1) is 0 Å². The van der Waals surface area contributed by atoms with Gasteiger partial charge in [-0.05, 0) is 24.1 Å². The molecule has 7 heteroatoms. The van der Waals surface area contributed by atoms with Crippen molar-refractivity contribution in [2.45, 2.75) is 26.6 Å². The van der Waals surface area contributed by atoms with Gasteiger partial charge in [0.05, 0.1) is 26.9 Å². The van der Waals surface area contributed by atoms with E-state index in [1.807, 2.05) is 18.2 Å². The smallest absolute Gasteiger partial charge is 0.194 e. The van der Waals surface area contributed by atoms with Gasteiger partial charge in [0, 0.05) is 45.3 Å². The molecular weight excluding hydrogens is 503 g/mol. The lowest BCUT2D eigenvalue weighted by atomic mass is 10.1. The van der Waals surface area contributed by atoms with Crippen molar-refractivity contribution < 1.29 is 9.47 Å². The second kappa shape index (κ2) is 13.5. The molecule has 2 aromatic rings. The molecule has 1 fully saturated rings. The van der Waals surface area contributed by atoms with Gasteiger partial charge in [-0.25, -0.2) is 4.99 Å². The Morgan fingerprint density at radius 3 is 2.45 bits per heavy atom. The minimum atomic E-state index is 0. The summed E-state index contributed by atoms with van der Waals surface area (Å²) < 4.78 is 10.9. The Kier molecular flexibility index (Phi) is 11.1. The van der Waals surface area contributed by atoms with Crippen molar-refractivity contribution in [3.05, 3.63) is 65.2 Å². The third kappa shape index (κ3) is 7.97. The fourth-order valence-corrected chi connectivity index (χ4v) is 3.57. The van der Waals surface area contributed by atoms with Crippen LogP contribution in [0.15, 0.2) is 53.5 Å². The van der Waals surface area contributed by atoms with E-state index >= 15 is 0 Å². The third-order valence-electron chi connectivity index (χ3n) is 5.24. The Balaban J connectivity index is 0.00000341. The molecule has 0 aliphatic carbocycles. The molecule has 0 atom stereocenters. The largest absolute Gasteiger partial charge is 0.496 e. The normalized spacial score (nSPS) is 14.6. The number of hydrogen-bond acceptors (Lipinski definition) is 4. The molecule has 1 N–H and O–H groups in total. The van der Waals surface area contributed by atoms with Crippen LogP contribution in [-0.4, -0.2) is 62.8 Å². The summed E-state index contributed by atoms with van der Waals surface area (Å²) in [5, 5.41) is 3.39. The number of halogens is 1. The lowest BCUT2D eigenvalue weighted by Gasteiger charge is -2.26. The Hall–Kier alpha value is -1.84.